The third-order valence-corrected chi connectivity index (χ3v) is 2.63. The molecule has 0 aliphatic heterocycles. The van der Waals surface area contributed by atoms with Crippen molar-refractivity contribution in [2.75, 3.05) is 0 Å². The summed E-state index contributed by atoms with van der Waals surface area (Å²) in [6, 6.07) is 0. The van der Waals surface area contributed by atoms with Crippen molar-refractivity contribution in [3.63, 3.8) is 0 Å². The van der Waals surface area contributed by atoms with Gasteiger partial charge in [0.1, 0.15) is 0 Å². The summed E-state index contributed by atoms with van der Waals surface area (Å²) in [6.45, 7) is 6.55. The van der Waals surface area contributed by atoms with Crippen LogP contribution in [0.15, 0.2) is 9.59 Å². The number of rotatable bonds is 4. The molecular weight excluding hydrogens is 192 g/mol. The molecule has 0 saturated heterocycles. The molecule has 0 saturated carbocycles. The molecular formula is C11H18N2O2. The second-order valence-corrected chi connectivity index (χ2v) is 3.68. The lowest BCUT2D eigenvalue weighted by atomic mass is 10.2. The van der Waals surface area contributed by atoms with Gasteiger partial charge in [0, 0.05) is 17.9 Å². The van der Waals surface area contributed by atoms with Crippen LogP contribution in [0.2, 0.25) is 0 Å². The van der Waals surface area contributed by atoms with Crippen LogP contribution in [0.25, 0.3) is 0 Å². The molecule has 0 aliphatic rings. The van der Waals surface area contributed by atoms with Gasteiger partial charge in [-0.1, -0.05) is 20.3 Å². The topological polar surface area (TPSA) is 54.9 Å². The van der Waals surface area contributed by atoms with Gasteiger partial charge in [0.05, 0.1) is 0 Å². The first-order chi connectivity index (χ1) is 7.11. The number of aromatic nitrogens is 2. The molecule has 0 spiro atoms. The quantitative estimate of drug-likeness (QED) is 0.759. The molecule has 4 nitrogen and oxygen atoms in total. The molecule has 84 valence electrons. The maximum Gasteiger partial charge on any atom is 0.316 e. The summed E-state index contributed by atoms with van der Waals surface area (Å²) in [5.41, 5.74) is 0.804. The Morgan fingerprint density at radius 2 is 1.93 bits per heavy atom. The number of hydrogen-bond acceptors (Lipinski definition) is 2. The van der Waals surface area contributed by atoms with Gasteiger partial charge in [-0.2, -0.15) is 0 Å². The van der Waals surface area contributed by atoms with Gasteiger partial charge in [0.25, 0.3) is 0 Å². The van der Waals surface area contributed by atoms with E-state index in [1.54, 1.807) is 4.57 Å². The van der Waals surface area contributed by atoms with Crippen molar-refractivity contribution < 1.29 is 0 Å². The third-order valence-electron chi connectivity index (χ3n) is 2.63. The van der Waals surface area contributed by atoms with Crippen LogP contribution in [0.4, 0.5) is 0 Å². The minimum Gasteiger partial charge on any atom is -0.320 e. The molecule has 4 heteroatoms. The molecule has 0 amide bonds. The van der Waals surface area contributed by atoms with Gasteiger partial charge < -0.3 is 9.55 Å². The molecule has 1 N–H and O–H groups in total. The van der Waals surface area contributed by atoms with Gasteiger partial charge in [-0.3, -0.25) is 9.59 Å². The van der Waals surface area contributed by atoms with Crippen molar-refractivity contribution in [2.45, 2.75) is 46.6 Å². The molecule has 0 fully saturated rings. The molecule has 1 rings (SSSR count). The summed E-state index contributed by atoms with van der Waals surface area (Å²) in [7, 11) is 0. The Morgan fingerprint density at radius 3 is 2.47 bits per heavy atom. The number of nitrogens with one attached hydrogen (secondary N) is 1. The van der Waals surface area contributed by atoms with E-state index < -0.39 is 11.1 Å². The highest BCUT2D eigenvalue weighted by molar-refractivity contribution is 5.10. The lowest BCUT2D eigenvalue weighted by Crippen LogP contribution is -2.38. The van der Waals surface area contributed by atoms with Crippen LogP contribution in [0.1, 0.15) is 38.1 Å². The highest BCUT2D eigenvalue weighted by atomic mass is 16.2. The summed E-state index contributed by atoms with van der Waals surface area (Å²) in [5.74, 6) is 0. The number of aryl methyl sites for hydroxylation is 1. The maximum absolute atomic E-state index is 11.6. The smallest absolute Gasteiger partial charge is 0.316 e. The van der Waals surface area contributed by atoms with Gasteiger partial charge >= 0.3 is 11.1 Å². The van der Waals surface area contributed by atoms with E-state index in [1.807, 2.05) is 13.8 Å². The third kappa shape index (κ3) is 2.37. The fourth-order valence-electron chi connectivity index (χ4n) is 1.65. The minimum atomic E-state index is -0.506. The molecule has 0 bridgehead atoms. The zero-order valence-corrected chi connectivity index (χ0v) is 9.59. The first-order valence-corrected chi connectivity index (χ1v) is 5.44. The Hall–Kier alpha value is -1.32. The van der Waals surface area contributed by atoms with Crippen molar-refractivity contribution in [2.24, 2.45) is 0 Å². The van der Waals surface area contributed by atoms with Gasteiger partial charge in [0.2, 0.25) is 0 Å². The number of aromatic amines is 1. The summed E-state index contributed by atoms with van der Waals surface area (Å²) >= 11 is 0. The van der Waals surface area contributed by atoms with E-state index in [-0.39, 0.29) is 0 Å². The van der Waals surface area contributed by atoms with E-state index in [1.165, 1.54) is 0 Å². The van der Waals surface area contributed by atoms with Crippen LogP contribution in [-0.4, -0.2) is 9.55 Å². The fourth-order valence-corrected chi connectivity index (χ4v) is 1.65. The summed E-state index contributed by atoms with van der Waals surface area (Å²) in [5, 5.41) is 0. The Kier molecular flexibility index (Phi) is 3.88. The zero-order chi connectivity index (χ0) is 11.4. The van der Waals surface area contributed by atoms with Crippen molar-refractivity contribution in [3.8, 4) is 0 Å². The van der Waals surface area contributed by atoms with Crippen LogP contribution < -0.4 is 11.1 Å². The first kappa shape index (κ1) is 11.8. The van der Waals surface area contributed by atoms with E-state index in [0.29, 0.717) is 6.54 Å². The van der Waals surface area contributed by atoms with E-state index in [4.69, 9.17) is 0 Å². The minimum absolute atomic E-state index is 0.432. The maximum atomic E-state index is 11.6. The highest BCUT2D eigenvalue weighted by Gasteiger charge is 2.08. The predicted molar refractivity (Wildman–Crippen MR) is 60.3 cm³/mol. The molecule has 1 aromatic heterocycles. The molecule has 0 aliphatic carbocycles. The van der Waals surface area contributed by atoms with Gasteiger partial charge in [-0.05, 0) is 19.8 Å². The van der Waals surface area contributed by atoms with Crippen LogP contribution >= 0.6 is 0 Å². The van der Waals surface area contributed by atoms with E-state index >= 15 is 0 Å². The second kappa shape index (κ2) is 4.96. The molecule has 15 heavy (non-hydrogen) atoms. The predicted octanol–water partition coefficient (Wildman–Crippen LogP) is 1.21. The van der Waals surface area contributed by atoms with Crippen molar-refractivity contribution in [3.05, 3.63) is 32.1 Å². The first-order valence-electron chi connectivity index (χ1n) is 5.44. The number of hydrogen-bond donors (Lipinski definition) is 1. The second-order valence-electron chi connectivity index (χ2n) is 3.68. The lowest BCUT2D eigenvalue weighted by molar-refractivity contribution is 0.582. The zero-order valence-electron chi connectivity index (χ0n) is 9.59. The van der Waals surface area contributed by atoms with Crippen molar-refractivity contribution in [1.82, 2.24) is 9.55 Å². The Bertz CT molecular complexity index is 443. The highest BCUT2D eigenvalue weighted by Crippen LogP contribution is 2.02. The average Bonchev–Trinajstić information content (AvgIpc) is 2.23. The van der Waals surface area contributed by atoms with Gasteiger partial charge in [0.15, 0.2) is 0 Å². The van der Waals surface area contributed by atoms with Crippen LogP contribution in [0, 0.1) is 6.92 Å². The standard InChI is InChI=1S/C11H18N2O2/c1-4-6-7-13-8(3)9(5-2)12-10(14)11(13)15/h4-7H2,1-3H3,(H,12,14). The monoisotopic (exact) mass is 210 g/mol. The van der Waals surface area contributed by atoms with Crippen molar-refractivity contribution >= 4 is 0 Å². The molecule has 0 unspecified atom stereocenters. The largest absolute Gasteiger partial charge is 0.320 e. The summed E-state index contributed by atoms with van der Waals surface area (Å²) in [6.07, 6.45) is 2.68. The van der Waals surface area contributed by atoms with Crippen LogP contribution in [-0.2, 0) is 13.0 Å². The number of unbranched alkanes of at least 4 members (excludes halogenated alkanes) is 1. The molecule has 0 atom stereocenters. The van der Waals surface area contributed by atoms with E-state index in [9.17, 15) is 9.59 Å². The Labute approximate surface area is 89.0 Å². The number of H-pyrrole nitrogens is 1. The Morgan fingerprint density at radius 1 is 1.27 bits per heavy atom. The average molecular weight is 210 g/mol. The number of nitrogens with zero attached hydrogens (tertiary/aromatic N) is 1. The Balaban J connectivity index is 3.28. The molecule has 1 heterocycles. The summed E-state index contributed by atoms with van der Waals surface area (Å²) in [4.78, 5) is 25.6. The SMILES string of the molecule is CCCCn1c(C)c(CC)[nH]c(=O)c1=O. The van der Waals surface area contributed by atoms with Gasteiger partial charge in [-0.25, -0.2) is 0 Å². The van der Waals surface area contributed by atoms with Crippen LogP contribution in [0.5, 0.6) is 0 Å². The normalized spacial score (nSPS) is 10.6. The van der Waals surface area contributed by atoms with E-state index in [2.05, 4.69) is 11.9 Å². The molecule has 0 aromatic carbocycles. The summed E-state index contributed by atoms with van der Waals surface area (Å²) < 4.78 is 1.58. The van der Waals surface area contributed by atoms with E-state index in [0.717, 1.165) is 30.7 Å². The molecule has 1 aromatic rings. The molecule has 0 radical (unpaired) electrons. The van der Waals surface area contributed by atoms with Crippen molar-refractivity contribution in [1.29, 1.82) is 0 Å². The van der Waals surface area contributed by atoms with Crippen LogP contribution in [0.3, 0.4) is 0 Å². The fraction of sp³-hybridized carbons (Fsp3) is 0.636. The lowest BCUT2D eigenvalue weighted by Gasteiger charge is -2.11. The van der Waals surface area contributed by atoms with Gasteiger partial charge in [-0.15, -0.1) is 0 Å².